The summed E-state index contributed by atoms with van der Waals surface area (Å²) in [5.41, 5.74) is 8.62. The summed E-state index contributed by atoms with van der Waals surface area (Å²) in [4.78, 5) is 4.40. The summed E-state index contributed by atoms with van der Waals surface area (Å²) in [6.45, 7) is 0. The van der Waals surface area contributed by atoms with Crippen LogP contribution in [-0.4, -0.2) is 4.98 Å². The summed E-state index contributed by atoms with van der Waals surface area (Å²) < 4.78 is 0. The molecule has 2 nitrogen and oxygen atoms in total. The molecule has 94 valence electrons. The lowest BCUT2D eigenvalue weighted by Gasteiger charge is -2.17. The Balaban J connectivity index is 1.80. The topological polar surface area (TPSA) is 38.9 Å². The lowest BCUT2D eigenvalue weighted by Crippen LogP contribution is -2.14. The fourth-order valence-corrected chi connectivity index (χ4v) is 3.06. The Morgan fingerprint density at radius 3 is 2.89 bits per heavy atom. The van der Waals surface area contributed by atoms with Crippen LogP contribution in [0.3, 0.4) is 0 Å². The van der Waals surface area contributed by atoms with Gasteiger partial charge < -0.3 is 5.73 Å². The number of fused-ring (bicyclic) bond motifs is 1. The summed E-state index contributed by atoms with van der Waals surface area (Å²) in [6.07, 6.45) is 8.46. The van der Waals surface area contributed by atoms with Crippen LogP contribution in [0.15, 0.2) is 36.5 Å². The predicted octanol–water partition coefficient (Wildman–Crippen LogP) is 3.81. The summed E-state index contributed by atoms with van der Waals surface area (Å²) in [5.74, 6) is 0.833. The Morgan fingerprint density at radius 2 is 2.06 bits per heavy atom. The zero-order valence-electron chi connectivity index (χ0n) is 10.7. The molecule has 0 amide bonds. The van der Waals surface area contributed by atoms with Crippen molar-refractivity contribution in [3.63, 3.8) is 0 Å². The van der Waals surface area contributed by atoms with E-state index in [0.29, 0.717) is 0 Å². The lowest BCUT2D eigenvalue weighted by atomic mass is 9.94. The molecule has 1 aliphatic rings. The number of aromatic nitrogens is 1. The van der Waals surface area contributed by atoms with Crippen molar-refractivity contribution in [3.8, 4) is 0 Å². The van der Waals surface area contributed by atoms with Gasteiger partial charge in [-0.3, -0.25) is 4.98 Å². The first kappa shape index (κ1) is 11.7. The average Bonchev–Trinajstić information content (AvgIpc) is 2.91. The number of nitrogens with two attached hydrogens (primary N) is 1. The maximum Gasteiger partial charge on any atom is 0.0705 e. The molecule has 1 unspecified atom stereocenters. The second kappa shape index (κ2) is 5.07. The number of pyridine rings is 1. The van der Waals surface area contributed by atoms with Crippen molar-refractivity contribution in [2.75, 3.05) is 0 Å². The second-order valence-corrected chi connectivity index (χ2v) is 5.45. The highest BCUT2D eigenvalue weighted by atomic mass is 14.7. The molecule has 18 heavy (non-hydrogen) atoms. The molecule has 1 atom stereocenters. The van der Waals surface area contributed by atoms with E-state index in [1.165, 1.54) is 36.6 Å². The van der Waals surface area contributed by atoms with Gasteiger partial charge in [-0.05, 0) is 30.0 Å². The first-order valence-electron chi connectivity index (χ1n) is 6.93. The first-order valence-corrected chi connectivity index (χ1v) is 6.93. The van der Waals surface area contributed by atoms with Crippen molar-refractivity contribution in [3.05, 3.63) is 42.1 Å². The molecule has 0 bridgehead atoms. The predicted molar refractivity (Wildman–Crippen MR) is 75.2 cm³/mol. The highest BCUT2D eigenvalue weighted by Gasteiger charge is 2.19. The minimum Gasteiger partial charge on any atom is -0.324 e. The van der Waals surface area contributed by atoms with Crippen molar-refractivity contribution < 1.29 is 0 Å². The Morgan fingerprint density at radius 1 is 1.22 bits per heavy atom. The largest absolute Gasteiger partial charge is 0.324 e. The molecule has 2 N–H and O–H groups in total. The standard InChI is InChI=1S/C16H20N2/c17-15(10-12-4-1-2-5-12)14-8-7-13-6-3-9-18-16(13)11-14/h3,6-9,11-12,15H,1-2,4-5,10,17H2. The molecule has 1 heterocycles. The van der Waals surface area contributed by atoms with E-state index < -0.39 is 0 Å². The van der Waals surface area contributed by atoms with Gasteiger partial charge in [-0.15, -0.1) is 0 Å². The fraction of sp³-hybridized carbons (Fsp3) is 0.438. The van der Waals surface area contributed by atoms with Crippen LogP contribution >= 0.6 is 0 Å². The van der Waals surface area contributed by atoms with Gasteiger partial charge in [0.25, 0.3) is 0 Å². The van der Waals surface area contributed by atoms with Gasteiger partial charge in [0.15, 0.2) is 0 Å². The second-order valence-electron chi connectivity index (χ2n) is 5.45. The van der Waals surface area contributed by atoms with Crippen LogP contribution in [0, 0.1) is 5.92 Å². The van der Waals surface area contributed by atoms with Crippen molar-refractivity contribution >= 4 is 10.9 Å². The quantitative estimate of drug-likeness (QED) is 0.886. The van der Waals surface area contributed by atoms with E-state index in [9.17, 15) is 0 Å². The van der Waals surface area contributed by atoms with E-state index in [2.05, 4.69) is 29.2 Å². The van der Waals surface area contributed by atoms with Crippen LogP contribution in [0.5, 0.6) is 0 Å². The summed E-state index contributed by atoms with van der Waals surface area (Å²) >= 11 is 0. The van der Waals surface area contributed by atoms with Crippen LogP contribution in [-0.2, 0) is 0 Å². The van der Waals surface area contributed by atoms with Crippen LogP contribution in [0.4, 0.5) is 0 Å². The number of benzene rings is 1. The lowest BCUT2D eigenvalue weighted by molar-refractivity contribution is 0.451. The molecule has 2 aromatic rings. The normalized spacial score (nSPS) is 18.3. The minimum absolute atomic E-state index is 0.166. The number of rotatable bonds is 3. The van der Waals surface area contributed by atoms with Gasteiger partial charge in [0.2, 0.25) is 0 Å². The zero-order valence-corrected chi connectivity index (χ0v) is 10.7. The van der Waals surface area contributed by atoms with E-state index in [1.54, 1.807) is 0 Å². The molecule has 0 spiro atoms. The third-order valence-electron chi connectivity index (χ3n) is 4.12. The van der Waals surface area contributed by atoms with E-state index in [4.69, 9.17) is 5.73 Å². The number of hydrogen-bond acceptors (Lipinski definition) is 2. The summed E-state index contributed by atoms with van der Waals surface area (Å²) in [6, 6.07) is 10.7. The number of nitrogens with zero attached hydrogens (tertiary/aromatic N) is 1. The van der Waals surface area contributed by atoms with Gasteiger partial charge in [0, 0.05) is 17.6 Å². The molecule has 0 aliphatic heterocycles. The van der Waals surface area contributed by atoms with Crippen molar-refractivity contribution in [2.24, 2.45) is 11.7 Å². The molecule has 0 saturated heterocycles. The molecule has 1 saturated carbocycles. The van der Waals surface area contributed by atoms with E-state index in [-0.39, 0.29) is 6.04 Å². The van der Waals surface area contributed by atoms with E-state index in [1.807, 2.05) is 12.3 Å². The van der Waals surface area contributed by atoms with Crippen LogP contribution in [0.1, 0.15) is 43.7 Å². The third-order valence-corrected chi connectivity index (χ3v) is 4.12. The summed E-state index contributed by atoms with van der Waals surface area (Å²) in [7, 11) is 0. The monoisotopic (exact) mass is 240 g/mol. The Labute approximate surface area is 108 Å². The van der Waals surface area contributed by atoms with Crippen LogP contribution < -0.4 is 5.73 Å². The van der Waals surface area contributed by atoms with Crippen LogP contribution in [0.25, 0.3) is 10.9 Å². The first-order chi connectivity index (χ1) is 8.83. The fourth-order valence-electron chi connectivity index (χ4n) is 3.06. The maximum atomic E-state index is 6.34. The van der Waals surface area contributed by atoms with Gasteiger partial charge in [0.05, 0.1) is 5.52 Å². The van der Waals surface area contributed by atoms with Crippen molar-refractivity contribution in [1.82, 2.24) is 4.98 Å². The maximum absolute atomic E-state index is 6.34. The molecule has 1 aromatic heterocycles. The van der Waals surface area contributed by atoms with Gasteiger partial charge >= 0.3 is 0 Å². The Hall–Kier alpha value is -1.41. The van der Waals surface area contributed by atoms with Crippen molar-refractivity contribution in [2.45, 2.75) is 38.1 Å². The average molecular weight is 240 g/mol. The van der Waals surface area contributed by atoms with Gasteiger partial charge in [0.1, 0.15) is 0 Å². The van der Waals surface area contributed by atoms with Crippen molar-refractivity contribution in [1.29, 1.82) is 0 Å². The van der Waals surface area contributed by atoms with Crippen LogP contribution in [0.2, 0.25) is 0 Å². The molecule has 0 radical (unpaired) electrons. The van der Waals surface area contributed by atoms with Gasteiger partial charge in [-0.2, -0.15) is 0 Å². The SMILES string of the molecule is NC(CC1CCCC1)c1ccc2cccnc2c1. The molecule has 3 rings (SSSR count). The third kappa shape index (κ3) is 2.39. The highest BCUT2D eigenvalue weighted by Crippen LogP contribution is 2.32. The molecular weight excluding hydrogens is 220 g/mol. The molecular formula is C16H20N2. The Kier molecular flexibility index (Phi) is 3.28. The molecule has 1 aromatic carbocycles. The Bertz CT molecular complexity index is 529. The summed E-state index contributed by atoms with van der Waals surface area (Å²) in [5, 5.41) is 1.19. The van der Waals surface area contributed by atoms with Gasteiger partial charge in [-0.25, -0.2) is 0 Å². The van der Waals surface area contributed by atoms with E-state index >= 15 is 0 Å². The van der Waals surface area contributed by atoms with E-state index in [0.717, 1.165) is 17.9 Å². The zero-order chi connectivity index (χ0) is 12.4. The van der Waals surface area contributed by atoms with Gasteiger partial charge in [-0.1, -0.05) is 43.9 Å². The molecule has 2 heteroatoms. The molecule has 1 aliphatic carbocycles. The molecule has 1 fully saturated rings. The smallest absolute Gasteiger partial charge is 0.0705 e. The minimum atomic E-state index is 0.166. The highest BCUT2D eigenvalue weighted by molar-refractivity contribution is 5.78. The number of hydrogen-bond donors (Lipinski definition) is 1.